The second-order valence-corrected chi connectivity index (χ2v) is 10.3. The van der Waals surface area contributed by atoms with Crippen LogP contribution in [0.1, 0.15) is 26.3 Å². The molecular formula is C30H42O13S. The highest BCUT2D eigenvalue weighted by Crippen LogP contribution is 2.13. The Morgan fingerprint density at radius 2 is 1.39 bits per heavy atom. The zero-order valence-corrected chi connectivity index (χ0v) is 26.6. The van der Waals surface area contributed by atoms with Gasteiger partial charge in [0, 0.05) is 22.8 Å². The Hall–Kier alpha value is -4.11. The number of hydrogen-bond donors (Lipinski definition) is 1. The van der Waals surface area contributed by atoms with Crippen LogP contribution in [0.15, 0.2) is 78.3 Å². The number of carbonyl (C=O) groups is 4. The molecule has 0 radical (unpaired) electrons. The number of aliphatic hydroxyl groups is 1. The molecule has 1 heterocycles. The molecule has 1 aromatic carbocycles. The van der Waals surface area contributed by atoms with Gasteiger partial charge in [-0.15, -0.1) is 0 Å². The lowest BCUT2D eigenvalue weighted by Crippen LogP contribution is -2.13. The molecule has 246 valence electrons. The van der Waals surface area contributed by atoms with Crippen LogP contribution in [0.25, 0.3) is 0 Å². The average molecular weight is 643 g/mol. The van der Waals surface area contributed by atoms with Crippen molar-refractivity contribution in [3.8, 4) is 0 Å². The first-order chi connectivity index (χ1) is 20.5. The van der Waals surface area contributed by atoms with Gasteiger partial charge in [-0.25, -0.2) is 19.2 Å². The van der Waals surface area contributed by atoms with Gasteiger partial charge in [0.25, 0.3) is 10.1 Å². The summed E-state index contributed by atoms with van der Waals surface area (Å²) in [4.78, 5) is 42.1. The standard InChI is InChI=1S/C12H14O5S.C7H10O3.C6H10O3.C5H8O2/c1-3-12(13)16-8-9-17-18(14,15)11-6-4-10(2)5-7-11;1-5(2)7(8)10-4-6-3-9-6;1-5(2)6(8)9-4-3-7;1-4(2)5(6)7-3/h3-7H,1,8-9H2,2H3;6H,1,3-4H2,2H3;7H,1,3-4H2,2H3;1H2,2-3H3. The minimum absolute atomic E-state index is 0.0473. The Morgan fingerprint density at radius 1 is 0.886 bits per heavy atom. The van der Waals surface area contributed by atoms with Gasteiger partial charge in [-0.2, -0.15) is 8.42 Å². The topological polar surface area (TPSA) is 181 Å². The number of aliphatic hydroxyl groups excluding tert-OH is 1. The van der Waals surface area contributed by atoms with Crippen molar-refractivity contribution in [1.29, 1.82) is 0 Å². The van der Waals surface area contributed by atoms with Gasteiger partial charge in [0.1, 0.15) is 32.5 Å². The number of aryl methyl sites for hydroxylation is 1. The van der Waals surface area contributed by atoms with E-state index < -0.39 is 22.1 Å². The largest absolute Gasteiger partial charge is 0.466 e. The number of benzene rings is 1. The highest BCUT2D eigenvalue weighted by molar-refractivity contribution is 7.86. The summed E-state index contributed by atoms with van der Waals surface area (Å²) >= 11 is 0. The number of methoxy groups -OCH3 is 1. The smallest absolute Gasteiger partial charge is 0.333 e. The first-order valence-electron chi connectivity index (χ1n) is 12.9. The van der Waals surface area contributed by atoms with Crippen molar-refractivity contribution in [3.05, 3.63) is 78.9 Å². The van der Waals surface area contributed by atoms with Crippen molar-refractivity contribution in [2.45, 2.75) is 38.7 Å². The highest BCUT2D eigenvalue weighted by Gasteiger charge is 2.24. The van der Waals surface area contributed by atoms with E-state index in [1.807, 2.05) is 6.92 Å². The summed E-state index contributed by atoms with van der Waals surface area (Å²) < 4.78 is 51.0. The highest BCUT2D eigenvalue weighted by atomic mass is 32.2. The molecule has 0 bridgehead atoms. The number of rotatable bonds is 13. The molecule has 1 fully saturated rings. The minimum atomic E-state index is -3.80. The van der Waals surface area contributed by atoms with Crippen LogP contribution < -0.4 is 0 Å². The van der Waals surface area contributed by atoms with E-state index in [0.29, 0.717) is 29.9 Å². The van der Waals surface area contributed by atoms with Gasteiger partial charge in [0.05, 0.1) is 25.2 Å². The first kappa shape index (κ1) is 42.0. The summed E-state index contributed by atoms with van der Waals surface area (Å²) in [6.07, 6.45) is 1.14. The molecule has 1 unspecified atom stereocenters. The molecule has 1 atom stereocenters. The van der Waals surface area contributed by atoms with Gasteiger partial charge in [-0.05, 0) is 39.8 Å². The van der Waals surface area contributed by atoms with E-state index >= 15 is 0 Å². The lowest BCUT2D eigenvalue weighted by atomic mass is 10.2. The maximum atomic E-state index is 11.7. The third-order valence-electron chi connectivity index (χ3n) is 4.40. The zero-order chi connectivity index (χ0) is 34.3. The minimum Gasteiger partial charge on any atom is -0.466 e. The van der Waals surface area contributed by atoms with Gasteiger partial charge >= 0.3 is 23.9 Å². The number of esters is 4. The monoisotopic (exact) mass is 642 g/mol. The average Bonchev–Trinajstić information content (AvgIpc) is 3.82. The lowest BCUT2D eigenvalue weighted by molar-refractivity contribution is -0.140. The lowest BCUT2D eigenvalue weighted by Gasteiger charge is -2.06. The fourth-order valence-electron chi connectivity index (χ4n) is 2.01. The van der Waals surface area contributed by atoms with E-state index in [1.165, 1.54) is 19.2 Å². The molecular weight excluding hydrogens is 600 g/mol. The van der Waals surface area contributed by atoms with Crippen molar-refractivity contribution >= 4 is 34.0 Å². The van der Waals surface area contributed by atoms with Crippen molar-refractivity contribution in [2.75, 3.05) is 46.8 Å². The number of hydrogen-bond acceptors (Lipinski definition) is 13. The van der Waals surface area contributed by atoms with Crippen molar-refractivity contribution < 1.29 is 60.6 Å². The molecule has 13 nitrogen and oxygen atoms in total. The van der Waals surface area contributed by atoms with Crippen LogP contribution in [0.2, 0.25) is 0 Å². The van der Waals surface area contributed by atoms with Crippen LogP contribution >= 0.6 is 0 Å². The van der Waals surface area contributed by atoms with Gasteiger partial charge in [0.15, 0.2) is 0 Å². The van der Waals surface area contributed by atoms with E-state index in [-0.39, 0.29) is 49.4 Å². The van der Waals surface area contributed by atoms with Gasteiger partial charge in [0.2, 0.25) is 0 Å². The molecule has 0 aromatic heterocycles. The molecule has 1 N–H and O–H groups in total. The molecule has 0 saturated carbocycles. The fourth-order valence-corrected chi connectivity index (χ4v) is 2.90. The van der Waals surface area contributed by atoms with Crippen molar-refractivity contribution in [3.63, 3.8) is 0 Å². The third kappa shape index (κ3) is 22.5. The Kier molecular flexibility index (Phi) is 22.3. The van der Waals surface area contributed by atoms with Crippen molar-refractivity contribution in [1.82, 2.24) is 0 Å². The quantitative estimate of drug-likeness (QED) is 0.0829. The Balaban J connectivity index is 0. The molecule has 14 heteroatoms. The molecule has 44 heavy (non-hydrogen) atoms. The van der Waals surface area contributed by atoms with Gasteiger partial charge in [-0.3, -0.25) is 4.18 Å². The van der Waals surface area contributed by atoms with Crippen LogP contribution in [0, 0.1) is 6.92 Å². The van der Waals surface area contributed by atoms with E-state index in [1.54, 1.807) is 32.9 Å². The van der Waals surface area contributed by atoms with Gasteiger partial charge in [-0.1, -0.05) is 44.0 Å². The normalized spacial score (nSPS) is 12.5. The summed E-state index contributed by atoms with van der Waals surface area (Å²) in [7, 11) is -2.47. The maximum absolute atomic E-state index is 11.7. The van der Waals surface area contributed by atoms with E-state index in [4.69, 9.17) is 18.8 Å². The van der Waals surface area contributed by atoms with Crippen LogP contribution in [0.5, 0.6) is 0 Å². The number of carbonyl (C=O) groups excluding carboxylic acids is 4. The Labute approximate surface area is 258 Å². The van der Waals surface area contributed by atoms with Crippen molar-refractivity contribution in [2.24, 2.45) is 0 Å². The zero-order valence-electron chi connectivity index (χ0n) is 25.8. The van der Waals surface area contributed by atoms with Gasteiger partial charge < -0.3 is 28.8 Å². The maximum Gasteiger partial charge on any atom is 0.333 e. The SMILES string of the molecule is C=C(C)C(=O)OC.C=C(C)C(=O)OCC1CO1.C=C(C)C(=O)OCCO.C=CC(=O)OCCOS(=O)(=O)c1ccc(C)cc1. The van der Waals surface area contributed by atoms with Crippen LogP contribution in [-0.2, 0) is 57.2 Å². The first-order valence-corrected chi connectivity index (χ1v) is 14.3. The summed E-state index contributed by atoms with van der Waals surface area (Å²) in [5.41, 5.74) is 2.17. The van der Waals surface area contributed by atoms with Crippen LogP contribution in [0.3, 0.4) is 0 Å². The molecule has 1 aliphatic heterocycles. The summed E-state index contributed by atoms with van der Waals surface area (Å²) in [5, 5.41) is 8.19. The molecule has 1 aromatic rings. The summed E-state index contributed by atoms with van der Waals surface area (Å²) in [5.74, 6) is -1.76. The molecule has 0 spiro atoms. The van der Waals surface area contributed by atoms with E-state index in [0.717, 1.165) is 11.6 Å². The molecule has 2 rings (SSSR count). The molecule has 1 saturated heterocycles. The predicted octanol–water partition coefficient (Wildman–Crippen LogP) is 2.77. The van der Waals surface area contributed by atoms with Crippen LogP contribution in [-0.4, -0.2) is 90.3 Å². The van der Waals surface area contributed by atoms with Crippen LogP contribution in [0.4, 0.5) is 0 Å². The second kappa shape index (κ2) is 23.4. The number of epoxide rings is 1. The molecule has 0 aliphatic carbocycles. The third-order valence-corrected chi connectivity index (χ3v) is 5.73. The Morgan fingerprint density at radius 3 is 1.77 bits per heavy atom. The van der Waals surface area contributed by atoms with E-state index in [2.05, 4.69) is 40.5 Å². The summed E-state index contributed by atoms with van der Waals surface area (Å²) in [6, 6.07) is 6.27. The predicted molar refractivity (Wildman–Crippen MR) is 161 cm³/mol. The summed E-state index contributed by atoms with van der Waals surface area (Å²) in [6.45, 7) is 20.6. The molecule has 0 amide bonds. The fraction of sp³-hybridized carbons (Fsp3) is 0.400. The van der Waals surface area contributed by atoms with E-state index in [9.17, 15) is 27.6 Å². The Bertz CT molecular complexity index is 1230. The molecule has 1 aliphatic rings. The second-order valence-electron chi connectivity index (χ2n) is 8.71. The number of ether oxygens (including phenoxy) is 5.